The quantitative estimate of drug-likeness (QED) is 0.714. The fourth-order valence-electron chi connectivity index (χ4n) is 3.53. The van der Waals surface area contributed by atoms with Crippen molar-refractivity contribution >= 4 is 23.1 Å². The van der Waals surface area contributed by atoms with Crippen LogP contribution in [0.3, 0.4) is 0 Å². The third-order valence-electron chi connectivity index (χ3n) is 4.72. The number of aromatic nitrogens is 1. The van der Waals surface area contributed by atoms with Crippen molar-refractivity contribution in [1.82, 2.24) is 0 Å². The molecule has 1 aliphatic rings. The molecular weight excluding hydrogens is 348 g/mol. The van der Waals surface area contributed by atoms with Crippen LogP contribution in [0.5, 0.6) is 5.75 Å². The minimum atomic E-state index is -1.07. The summed E-state index contributed by atoms with van der Waals surface area (Å²) in [7, 11) is 1.65. The summed E-state index contributed by atoms with van der Waals surface area (Å²) in [5.41, 5.74) is 0.875. The maximum absolute atomic E-state index is 11.6. The summed E-state index contributed by atoms with van der Waals surface area (Å²) in [6, 6.07) is 21.3. The highest BCUT2D eigenvalue weighted by molar-refractivity contribution is 6.30. The summed E-state index contributed by atoms with van der Waals surface area (Å²) < 4.78 is 7.33. The first-order valence-electron chi connectivity index (χ1n) is 8.49. The van der Waals surface area contributed by atoms with Gasteiger partial charge in [0, 0.05) is 17.5 Å². The second-order valence-electron chi connectivity index (χ2n) is 6.51. The summed E-state index contributed by atoms with van der Waals surface area (Å²) in [5, 5.41) is 12.3. The van der Waals surface area contributed by atoms with Crippen LogP contribution in [0.2, 0.25) is 5.02 Å². The Morgan fingerprint density at radius 3 is 2.50 bits per heavy atom. The Bertz CT molecular complexity index is 912. The van der Waals surface area contributed by atoms with Crippen LogP contribution < -0.4 is 14.2 Å². The van der Waals surface area contributed by atoms with Crippen molar-refractivity contribution in [3.05, 3.63) is 83.5 Å². The van der Waals surface area contributed by atoms with E-state index in [2.05, 4.69) is 4.57 Å². The molecule has 132 valence electrons. The summed E-state index contributed by atoms with van der Waals surface area (Å²) >= 11 is 6.00. The van der Waals surface area contributed by atoms with E-state index in [9.17, 15) is 5.11 Å². The van der Waals surface area contributed by atoms with Gasteiger partial charge in [0.1, 0.15) is 11.4 Å². The van der Waals surface area contributed by atoms with Crippen LogP contribution in [0.15, 0.2) is 72.9 Å². The molecule has 2 heterocycles. The maximum atomic E-state index is 11.6. The molecule has 1 unspecified atom stereocenters. The number of anilines is 2. The Kier molecular flexibility index (Phi) is 4.31. The summed E-state index contributed by atoms with van der Waals surface area (Å²) in [6.45, 7) is 0.484. The Morgan fingerprint density at radius 2 is 1.81 bits per heavy atom. The lowest BCUT2D eigenvalue weighted by Crippen LogP contribution is -2.48. The number of halogens is 1. The zero-order chi connectivity index (χ0) is 18.1. The van der Waals surface area contributed by atoms with Gasteiger partial charge in [-0.05, 0) is 48.0 Å². The topological polar surface area (TPSA) is 36.6 Å². The van der Waals surface area contributed by atoms with E-state index in [1.807, 2.05) is 77.8 Å². The molecule has 1 atom stereocenters. The molecule has 1 N–H and O–H groups in total. The molecule has 0 radical (unpaired) electrons. The van der Waals surface area contributed by atoms with Gasteiger partial charge in [0.25, 0.3) is 11.5 Å². The lowest BCUT2D eigenvalue weighted by Gasteiger charge is -2.27. The van der Waals surface area contributed by atoms with Gasteiger partial charge in [-0.25, -0.2) is 4.57 Å². The average Bonchev–Trinajstić information content (AvgIpc) is 2.95. The molecule has 3 aromatic rings. The lowest BCUT2D eigenvalue weighted by molar-refractivity contribution is -0.682. The zero-order valence-corrected chi connectivity index (χ0v) is 15.2. The first kappa shape index (κ1) is 16.9. The van der Waals surface area contributed by atoms with Gasteiger partial charge in [0.15, 0.2) is 6.54 Å². The first-order chi connectivity index (χ1) is 12.6. The average molecular weight is 368 g/mol. The predicted molar refractivity (Wildman–Crippen MR) is 102 cm³/mol. The number of aliphatic hydroxyl groups is 1. The molecule has 2 aromatic carbocycles. The van der Waals surface area contributed by atoms with Crippen molar-refractivity contribution in [3.63, 3.8) is 0 Å². The molecule has 4 rings (SSSR count). The van der Waals surface area contributed by atoms with Crippen LogP contribution in [0.4, 0.5) is 11.5 Å². The summed E-state index contributed by atoms with van der Waals surface area (Å²) in [5.74, 6) is 1.74. The highest BCUT2D eigenvalue weighted by atomic mass is 35.5. The van der Waals surface area contributed by atoms with E-state index in [1.165, 1.54) is 0 Å². The van der Waals surface area contributed by atoms with Gasteiger partial charge < -0.3 is 9.84 Å². The van der Waals surface area contributed by atoms with Crippen LogP contribution in [0.1, 0.15) is 5.56 Å². The minimum Gasteiger partial charge on any atom is -0.497 e. The Morgan fingerprint density at radius 1 is 1.08 bits per heavy atom. The molecular formula is C21H20ClN2O2+. The number of rotatable bonds is 4. The zero-order valence-electron chi connectivity index (χ0n) is 14.5. The van der Waals surface area contributed by atoms with Gasteiger partial charge in [-0.3, -0.25) is 0 Å². The third kappa shape index (κ3) is 3.02. The van der Waals surface area contributed by atoms with E-state index in [4.69, 9.17) is 16.3 Å². The highest BCUT2D eigenvalue weighted by Gasteiger charge is 2.51. The normalized spacial score (nSPS) is 18.7. The Hall–Kier alpha value is -2.56. The summed E-state index contributed by atoms with van der Waals surface area (Å²) in [6.07, 6.45) is 2.48. The monoisotopic (exact) mass is 367 g/mol. The molecule has 5 heteroatoms. The molecule has 0 aliphatic carbocycles. The Balaban J connectivity index is 1.75. The van der Waals surface area contributed by atoms with Crippen molar-refractivity contribution in [3.8, 4) is 5.75 Å². The van der Waals surface area contributed by atoms with E-state index in [0.29, 0.717) is 18.0 Å². The van der Waals surface area contributed by atoms with E-state index in [-0.39, 0.29) is 0 Å². The largest absolute Gasteiger partial charge is 0.497 e. The molecule has 0 fully saturated rings. The van der Waals surface area contributed by atoms with Crippen molar-refractivity contribution in [2.45, 2.75) is 18.7 Å². The van der Waals surface area contributed by atoms with Crippen LogP contribution in [-0.2, 0) is 13.0 Å². The molecule has 26 heavy (non-hydrogen) atoms. The van der Waals surface area contributed by atoms with E-state index >= 15 is 0 Å². The standard InChI is InChI=1S/C21H20ClN2O2/c1-26-19-11-9-18(10-12-19)24-20-4-2-3-13-23(20)15-21(24,25)14-16-5-7-17(22)8-6-16/h2-13,25H,14-15H2,1H3/q+1. The predicted octanol–water partition coefficient (Wildman–Crippen LogP) is 3.72. The van der Waals surface area contributed by atoms with E-state index in [0.717, 1.165) is 22.8 Å². The number of nitrogens with zero attached hydrogens (tertiary/aromatic N) is 2. The molecule has 0 saturated carbocycles. The van der Waals surface area contributed by atoms with Gasteiger partial charge in [0.2, 0.25) is 0 Å². The smallest absolute Gasteiger partial charge is 0.284 e. The number of ether oxygens (including phenoxy) is 1. The Labute approximate surface area is 157 Å². The lowest BCUT2D eigenvalue weighted by atomic mass is 10.0. The van der Waals surface area contributed by atoms with Gasteiger partial charge in [-0.2, -0.15) is 4.90 Å². The minimum absolute atomic E-state index is 0.484. The van der Waals surface area contributed by atoms with Gasteiger partial charge in [0.05, 0.1) is 13.3 Å². The highest BCUT2D eigenvalue weighted by Crippen LogP contribution is 2.37. The second-order valence-corrected chi connectivity index (χ2v) is 6.94. The van der Waals surface area contributed by atoms with Crippen LogP contribution >= 0.6 is 11.6 Å². The van der Waals surface area contributed by atoms with E-state index in [1.54, 1.807) is 7.11 Å². The van der Waals surface area contributed by atoms with Gasteiger partial charge in [-0.15, -0.1) is 0 Å². The molecule has 0 saturated heterocycles. The number of benzene rings is 2. The SMILES string of the molecule is COc1ccc(N2c3cccc[n+]3CC2(O)Cc2ccc(Cl)cc2)cc1. The van der Waals surface area contributed by atoms with Crippen LogP contribution in [-0.4, -0.2) is 17.9 Å². The molecule has 1 aliphatic heterocycles. The van der Waals surface area contributed by atoms with Crippen LogP contribution in [0.25, 0.3) is 0 Å². The third-order valence-corrected chi connectivity index (χ3v) is 4.97. The van der Waals surface area contributed by atoms with Crippen molar-refractivity contribution < 1.29 is 14.4 Å². The number of hydrogen-bond donors (Lipinski definition) is 1. The number of methoxy groups -OCH3 is 1. The maximum Gasteiger partial charge on any atom is 0.284 e. The van der Waals surface area contributed by atoms with Gasteiger partial charge in [-0.1, -0.05) is 29.8 Å². The fraction of sp³-hybridized carbons (Fsp3) is 0.190. The van der Waals surface area contributed by atoms with Crippen molar-refractivity contribution in [1.29, 1.82) is 0 Å². The van der Waals surface area contributed by atoms with E-state index < -0.39 is 5.72 Å². The molecule has 4 nitrogen and oxygen atoms in total. The number of pyridine rings is 1. The summed E-state index contributed by atoms with van der Waals surface area (Å²) in [4.78, 5) is 1.99. The second kappa shape index (κ2) is 6.63. The first-order valence-corrected chi connectivity index (χ1v) is 8.86. The molecule has 1 aromatic heterocycles. The van der Waals surface area contributed by atoms with Crippen molar-refractivity contribution in [2.24, 2.45) is 0 Å². The fourth-order valence-corrected chi connectivity index (χ4v) is 3.65. The molecule has 0 amide bonds. The number of fused-ring (bicyclic) bond motifs is 1. The van der Waals surface area contributed by atoms with Gasteiger partial charge >= 0.3 is 0 Å². The number of hydrogen-bond acceptors (Lipinski definition) is 3. The van der Waals surface area contributed by atoms with Crippen LogP contribution in [0, 0.1) is 0 Å². The molecule has 0 bridgehead atoms. The molecule has 0 spiro atoms. The van der Waals surface area contributed by atoms with Crippen molar-refractivity contribution in [2.75, 3.05) is 12.0 Å².